The highest BCUT2D eigenvalue weighted by Gasteiger charge is 2.17. The zero-order valence-electron chi connectivity index (χ0n) is 11.6. The van der Waals surface area contributed by atoms with Crippen LogP contribution >= 0.6 is 0 Å². The van der Waals surface area contributed by atoms with E-state index in [4.69, 9.17) is 19.9 Å². The van der Waals surface area contributed by atoms with Crippen LogP contribution in [-0.4, -0.2) is 33.0 Å². The van der Waals surface area contributed by atoms with Crippen molar-refractivity contribution in [2.75, 3.05) is 26.9 Å². The van der Waals surface area contributed by atoms with Crippen LogP contribution in [0.25, 0.3) is 0 Å². The van der Waals surface area contributed by atoms with Crippen LogP contribution in [-0.2, 0) is 11.2 Å². The molecule has 0 atom stereocenters. The lowest BCUT2D eigenvalue weighted by Crippen LogP contribution is -2.26. The maximum atomic E-state index is 6.01. The molecule has 0 amide bonds. The standard InChI is InChI=1S/C15H23NO3/c1-17-15-11-12(3-2-8-16)4-5-14(15)19-13-6-9-18-10-7-13/h4-5,11,13H,2-3,6-10,16H2,1H3. The summed E-state index contributed by atoms with van der Waals surface area (Å²) in [6, 6.07) is 6.14. The molecule has 1 fully saturated rings. The van der Waals surface area contributed by atoms with E-state index >= 15 is 0 Å². The average Bonchev–Trinajstić information content (AvgIpc) is 2.47. The molecule has 0 unspecified atom stereocenters. The van der Waals surface area contributed by atoms with Gasteiger partial charge in [-0.3, -0.25) is 0 Å². The van der Waals surface area contributed by atoms with E-state index in [1.165, 1.54) is 5.56 Å². The number of rotatable bonds is 6. The Hall–Kier alpha value is -1.26. The van der Waals surface area contributed by atoms with Crippen LogP contribution in [0.1, 0.15) is 24.8 Å². The molecule has 0 saturated carbocycles. The van der Waals surface area contributed by atoms with E-state index in [1.54, 1.807) is 7.11 Å². The molecule has 0 radical (unpaired) electrons. The third-order valence-corrected chi connectivity index (χ3v) is 3.36. The fourth-order valence-corrected chi connectivity index (χ4v) is 2.24. The monoisotopic (exact) mass is 265 g/mol. The number of methoxy groups -OCH3 is 1. The van der Waals surface area contributed by atoms with Crippen LogP contribution in [0.5, 0.6) is 11.5 Å². The fourth-order valence-electron chi connectivity index (χ4n) is 2.24. The molecule has 1 aliphatic rings. The second kappa shape index (κ2) is 7.36. The van der Waals surface area contributed by atoms with Gasteiger partial charge in [-0.25, -0.2) is 0 Å². The van der Waals surface area contributed by atoms with E-state index in [-0.39, 0.29) is 6.10 Å². The highest BCUT2D eigenvalue weighted by molar-refractivity contribution is 5.43. The summed E-state index contributed by atoms with van der Waals surface area (Å²) in [5, 5.41) is 0. The van der Waals surface area contributed by atoms with Gasteiger partial charge in [-0.05, 0) is 37.1 Å². The van der Waals surface area contributed by atoms with Crippen molar-refractivity contribution in [1.82, 2.24) is 0 Å². The lowest BCUT2D eigenvalue weighted by atomic mass is 10.1. The van der Waals surface area contributed by atoms with Gasteiger partial charge in [0.05, 0.1) is 20.3 Å². The molecule has 4 heteroatoms. The Morgan fingerprint density at radius 1 is 1.26 bits per heavy atom. The molecule has 4 nitrogen and oxygen atoms in total. The van der Waals surface area contributed by atoms with Gasteiger partial charge in [0.25, 0.3) is 0 Å². The van der Waals surface area contributed by atoms with Crippen LogP contribution in [0.2, 0.25) is 0 Å². The molecule has 0 aromatic heterocycles. The van der Waals surface area contributed by atoms with Crippen molar-refractivity contribution in [1.29, 1.82) is 0 Å². The number of nitrogens with two attached hydrogens (primary N) is 1. The predicted molar refractivity (Wildman–Crippen MR) is 74.8 cm³/mol. The Bertz CT molecular complexity index is 389. The van der Waals surface area contributed by atoms with Gasteiger partial charge >= 0.3 is 0 Å². The van der Waals surface area contributed by atoms with Gasteiger partial charge < -0.3 is 19.9 Å². The number of hydrogen-bond acceptors (Lipinski definition) is 4. The van der Waals surface area contributed by atoms with Gasteiger partial charge in [0, 0.05) is 12.8 Å². The fraction of sp³-hybridized carbons (Fsp3) is 0.600. The van der Waals surface area contributed by atoms with E-state index in [9.17, 15) is 0 Å². The van der Waals surface area contributed by atoms with Gasteiger partial charge in [0.1, 0.15) is 6.10 Å². The van der Waals surface area contributed by atoms with E-state index < -0.39 is 0 Å². The summed E-state index contributed by atoms with van der Waals surface area (Å²) >= 11 is 0. The van der Waals surface area contributed by atoms with Crippen molar-refractivity contribution in [3.05, 3.63) is 23.8 Å². The van der Waals surface area contributed by atoms with Crippen molar-refractivity contribution in [2.45, 2.75) is 31.8 Å². The highest BCUT2D eigenvalue weighted by Crippen LogP contribution is 2.30. The van der Waals surface area contributed by atoms with Gasteiger partial charge in [-0.15, -0.1) is 0 Å². The van der Waals surface area contributed by atoms with Crippen LogP contribution in [0, 0.1) is 0 Å². The first kappa shape index (κ1) is 14.2. The highest BCUT2D eigenvalue weighted by atomic mass is 16.5. The Labute approximate surface area is 114 Å². The van der Waals surface area contributed by atoms with Gasteiger partial charge in [0.2, 0.25) is 0 Å². The molecular weight excluding hydrogens is 242 g/mol. The Morgan fingerprint density at radius 2 is 2.05 bits per heavy atom. The zero-order valence-corrected chi connectivity index (χ0v) is 11.6. The molecule has 0 bridgehead atoms. The average molecular weight is 265 g/mol. The van der Waals surface area contributed by atoms with Gasteiger partial charge in [-0.2, -0.15) is 0 Å². The Kier molecular flexibility index (Phi) is 5.48. The molecule has 2 N–H and O–H groups in total. The van der Waals surface area contributed by atoms with Crippen LogP contribution in [0.15, 0.2) is 18.2 Å². The smallest absolute Gasteiger partial charge is 0.161 e. The van der Waals surface area contributed by atoms with Crippen molar-refractivity contribution < 1.29 is 14.2 Å². The number of ether oxygens (including phenoxy) is 3. The van der Waals surface area contributed by atoms with Gasteiger partial charge in [-0.1, -0.05) is 6.07 Å². The maximum Gasteiger partial charge on any atom is 0.161 e. The summed E-state index contributed by atoms with van der Waals surface area (Å²) in [6.07, 6.45) is 4.08. The topological polar surface area (TPSA) is 53.7 Å². The minimum absolute atomic E-state index is 0.234. The second-order valence-corrected chi connectivity index (χ2v) is 4.81. The number of benzene rings is 1. The first-order valence-corrected chi connectivity index (χ1v) is 6.95. The van der Waals surface area contributed by atoms with E-state index in [0.717, 1.165) is 50.4 Å². The second-order valence-electron chi connectivity index (χ2n) is 4.81. The summed E-state index contributed by atoms with van der Waals surface area (Å²) in [7, 11) is 1.68. The normalized spacial score (nSPS) is 16.3. The van der Waals surface area contributed by atoms with Crippen LogP contribution in [0.4, 0.5) is 0 Å². The molecule has 1 aliphatic heterocycles. The largest absolute Gasteiger partial charge is 0.493 e. The molecule has 0 aliphatic carbocycles. The molecule has 1 saturated heterocycles. The van der Waals surface area contributed by atoms with Crippen molar-refractivity contribution in [3.8, 4) is 11.5 Å². The molecule has 2 rings (SSSR count). The van der Waals surface area contributed by atoms with Crippen LogP contribution < -0.4 is 15.2 Å². The Morgan fingerprint density at radius 3 is 2.74 bits per heavy atom. The third-order valence-electron chi connectivity index (χ3n) is 3.36. The third kappa shape index (κ3) is 4.11. The summed E-state index contributed by atoms with van der Waals surface area (Å²) < 4.78 is 16.8. The predicted octanol–water partition coefficient (Wildman–Crippen LogP) is 2.14. The Balaban J connectivity index is 2.02. The van der Waals surface area contributed by atoms with Crippen molar-refractivity contribution >= 4 is 0 Å². The molecule has 1 aromatic carbocycles. The van der Waals surface area contributed by atoms with E-state index in [2.05, 4.69) is 6.07 Å². The summed E-state index contributed by atoms with van der Waals surface area (Å²) in [5.41, 5.74) is 6.77. The van der Waals surface area contributed by atoms with Crippen LogP contribution in [0.3, 0.4) is 0 Å². The lowest BCUT2D eigenvalue weighted by Gasteiger charge is -2.24. The van der Waals surface area contributed by atoms with E-state index in [0.29, 0.717) is 6.54 Å². The minimum atomic E-state index is 0.234. The molecular formula is C15H23NO3. The van der Waals surface area contributed by atoms with E-state index in [1.807, 2.05) is 12.1 Å². The van der Waals surface area contributed by atoms with Gasteiger partial charge in [0.15, 0.2) is 11.5 Å². The first-order chi connectivity index (χ1) is 9.33. The first-order valence-electron chi connectivity index (χ1n) is 6.95. The summed E-state index contributed by atoms with van der Waals surface area (Å²) in [4.78, 5) is 0. The molecule has 106 valence electrons. The molecule has 1 heterocycles. The summed E-state index contributed by atoms with van der Waals surface area (Å²) in [6.45, 7) is 2.27. The van der Waals surface area contributed by atoms with Crippen molar-refractivity contribution in [3.63, 3.8) is 0 Å². The minimum Gasteiger partial charge on any atom is -0.493 e. The molecule has 1 aromatic rings. The van der Waals surface area contributed by atoms with Crippen molar-refractivity contribution in [2.24, 2.45) is 5.73 Å². The quantitative estimate of drug-likeness (QED) is 0.856. The lowest BCUT2D eigenvalue weighted by molar-refractivity contribution is 0.0245. The molecule has 19 heavy (non-hydrogen) atoms. The number of hydrogen-bond donors (Lipinski definition) is 1. The SMILES string of the molecule is COc1cc(CCCN)ccc1OC1CCOCC1. The zero-order chi connectivity index (χ0) is 13.5. The summed E-state index contributed by atoms with van der Waals surface area (Å²) in [5.74, 6) is 1.63. The maximum absolute atomic E-state index is 6.01. The number of aryl methyl sites for hydroxylation is 1. The molecule has 0 spiro atoms.